The third kappa shape index (κ3) is 3.61. The van der Waals surface area contributed by atoms with Crippen LogP contribution in [0.15, 0.2) is 12.2 Å². The largest absolute Gasteiger partial charge is 0.303 e. The summed E-state index contributed by atoms with van der Waals surface area (Å²) in [5.74, 6) is 3.32. The van der Waals surface area contributed by atoms with Crippen molar-refractivity contribution in [1.29, 1.82) is 0 Å². The van der Waals surface area contributed by atoms with Gasteiger partial charge in [0.1, 0.15) is 6.29 Å². The van der Waals surface area contributed by atoms with Crippen LogP contribution in [0.1, 0.15) is 19.3 Å². The molecule has 0 aromatic heterocycles. The van der Waals surface area contributed by atoms with Crippen LogP contribution in [0.2, 0.25) is 0 Å². The van der Waals surface area contributed by atoms with E-state index in [0.29, 0.717) is 6.42 Å². The molecule has 62 valence electrons. The summed E-state index contributed by atoms with van der Waals surface area (Å²) in [6.07, 6.45) is 8.32. The number of thioether (sulfide) groups is 1. The smallest absolute Gasteiger partial charge is 0.123 e. The minimum Gasteiger partial charge on any atom is -0.303 e. The summed E-state index contributed by atoms with van der Waals surface area (Å²) in [5, 5.41) is 0. The van der Waals surface area contributed by atoms with E-state index >= 15 is 0 Å². The van der Waals surface area contributed by atoms with Gasteiger partial charge in [-0.1, -0.05) is 12.2 Å². The Morgan fingerprint density at radius 2 is 2.09 bits per heavy atom. The van der Waals surface area contributed by atoms with E-state index in [0.717, 1.165) is 12.2 Å². The molecule has 0 N–H and O–H groups in total. The van der Waals surface area contributed by atoms with E-state index in [2.05, 4.69) is 6.08 Å². The van der Waals surface area contributed by atoms with Crippen LogP contribution < -0.4 is 0 Å². The Bertz CT molecular complexity index is 136. The van der Waals surface area contributed by atoms with Gasteiger partial charge in [-0.2, -0.15) is 11.8 Å². The number of carbonyl (C=O) groups excluding carboxylic acids is 1. The standard InChI is InChI=1S/C9H14OS/c10-6-2-1-3-9-4-7-11-8-5-9/h1,3,6,9H,2,4-5,7-8H2/b3-1-. The summed E-state index contributed by atoms with van der Waals surface area (Å²) in [6.45, 7) is 0. The second-order valence-corrected chi connectivity index (χ2v) is 4.01. The number of carbonyl (C=O) groups is 1. The summed E-state index contributed by atoms with van der Waals surface area (Å²) in [4.78, 5) is 9.99. The lowest BCUT2D eigenvalue weighted by Gasteiger charge is -2.17. The molecule has 0 unspecified atom stereocenters. The SMILES string of the molecule is O=CC/C=C\C1CCSCC1. The van der Waals surface area contributed by atoms with Crippen molar-refractivity contribution in [2.75, 3.05) is 11.5 Å². The molecular formula is C9H14OS. The van der Waals surface area contributed by atoms with Gasteiger partial charge < -0.3 is 4.79 Å². The van der Waals surface area contributed by atoms with Gasteiger partial charge in [-0.15, -0.1) is 0 Å². The van der Waals surface area contributed by atoms with E-state index in [-0.39, 0.29) is 0 Å². The number of hydrogen-bond acceptors (Lipinski definition) is 2. The Hall–Kier alpha value is -0.240. The quantitative estimate of drug-likeness (QED) is 0.477. The molecule has 0 aliphatic carbocycles. The van der Waals surface area contributed by atoms with Crippen LogP contribution in [0.5, 0.6) is 0 Å². The Labute approximate surface area is 72.2 Å². The van der Waals surface area contributed by atoms with Crippen LogP contribution in [-0.2, 0) is 4.79 Å². The minimum absolute atomic E-state index is 0.587. The molecule has 0 saturated carbocycles. The fourth-order valence-electron chi connectivity index (χ4n) is 1.23. The highest BCUT2D eigenvalue weighted by atomic mass is 32.2. The maximum atomic E-state index is 9.99. The normalized spacial score (nSPS) is 20.7. The average molecular weight is 170 g/mol. The highest BCUT2D eigenvalue weighted by Gasteiger charge is 2.09. The van der Waals surface area contributed by atoms with Gasteiger partial charge in [0.25, 0.3) is 0 Å². The lowest BCUT2D eigenvalue weighted by molar-refractivity contribution is -0.107. The molecule has 1 saturated heterocycles. The third-order valence-corrected chi connectivity index (χ3v) is 2.96. The topological polar surface area (TPSA) is 17.1 Å². The molecule has 11 heavy (non-hydrogen) atoms. The summed E-state index contributed by atoms with van der Waals surface area (Å²) in [7, 11) is 0. The Balaban J connectivity index is 2.18. The summed E-state index contributed by atoms with van der Waals surface area (Å²) in [5.41, 5.74) is 0. The summed E-state index contributed by atoms with van der Waals surface area (Å²) < 4.78 is 0. The van der Waals surface area contributed by atoms with E-state index in [1.807, 2.05) is 17.8 Å². The molecule has 1 nitrogen and oxygen atoms in total. The minimum atomic E-state index is 0.587. The number of aldehydes is 1. The molecule has 1 heterocycles. The Morgan fingerprint density at radius 3 is 2.73 bits per heavy atom. The first kappa shape index (κ1) is 8.85. The first-order chi connectivity index (χ1) is 5.43. The van der Waals surface area contributed by atoms with Crippen molar-refractivity contribution in [1.82, 2.24) is 0 Å². The van der Waals surface area contributed by atoms with Gasteiger partial charge in [0.2, 0.25) is 0 Å². The zero-order valence-corrected chi connectivity index (χ0v) is 7.48. The Morgan fingerprint density at radius 1 is 1.36 bits per heavy atom. The van der Waals surface area contributed by atoms with Crippen molar-refractivity contribution in [3.8, 4) is 0 Å². The summed E-state index contributed by atoms with van der Waals surface area (Å²) in [6, 6.07) is 0. The lowest BCUT2D eigenvalue weighted by atomic mass is 10.0. The zero-order chi connectivity index (χ0) is 7.94. The molecule has 1 rings (SSSR count). The predicted molar refractivity (Wildman–Crippen MR) is 49.9 cm³/mol. The maximum absolute atomic E-state index is 9.99. The van der Waals surface area contributed by atoms with Gasteiger partial charge in [0, 0.05) is 6.42 Å². The molecule has 2 heteroatoms. The molecule has 0 amide bonds. The third-order valence-electron chi connectivity index (χ3n) is 1.91. The Kier molecular flexibility index (Phi) is 4.36. The highest BCUT2D eigenvalue weighted by Crippen LogP contribution is 2.23. The van der Waals surface area contributed by atoms with Crippen molar-refractivity contribution in [2.24, 2.45) is 5.92 Å². The number of rotatable bonds is 3. The second-order valence-electron chi connectivity index (χ2n) is 2.78. The number of hydrogen-bond donors (Lipinski definition) is 0. The van der Waals surface area contributed by atoms with Gasteiger partial charge in [-0.3, -0.25) is 0 Å². The van der Waals surface area contributed by atoms with Gasteiger partial charge in [-0.05, 0) is 30.3 Å². The van der Waals surface area contributed by atoms with Crippen LogP contribution in [0.4, 0.5) is 0 Å². The molecule has 1 aliphatic heterocycles. The number of allylic oxidation sites excluding steroid dienone is 2. The van der Waals surface area contributed by atoms with Crippen LogP contribution in [-0.4, -0.2) is 17.8 Å². The van der Waals surface area contributed by atoms with Gasteiger partial charge in [0.15, 0.2) is 0 Å². The predicted octanol–water partition coefficient (Wildman–Crippen LogP) is 2.27. The molecule has 1 fully saturated rings. The molecule has 1 aliphatic rings. The first-order valence-electron chi connectivity index (χ1n) is 4.11. The average Bonchev–Trinajstić information content (AvgIpc) is 2.07. The van der Waals surface area contributed by atoms with Crippen molar-refractivity contribution >= 4 is 18.0 Å². The van der Waals surface area contributed by atoms with Crippen molar-refractivity contribution in [3.05, 3.63) is 12.2 Å². The van der Waals surface area contributed by atoms with Crippen molar-refractivity contribution in [2.45, 2.75) is 19.3 Å². The van der Waals surface area contributed by atoms with Crippen molar-refractivity contribution < 1.29 is 4.79 Å². The van der Waals surface area contributed by atoms with Gasteiger partial charge in [0.05, 0.1) is 0 Å². The molecule has 0 atom stereocenters. The molecule has 0 bridgehead atoms. The van der Waals surface area contributed by atoms with E-state index in [1.54, 1.807) is 0 Å². The molecule has 0 radical (unpaired) electrons. The monoisotopic (exact) mass is 170 g/mol. The van der Waals surface area contributed by atoms with Gasteiger partial charge >= 0.3 is 0 Å². The van der Waals surface area contributed by atoms with Crippen molar-refractivity contribution in [3.63, 3.8) is 0 Å². The van der Waals surface area contributed by atoms with E-state index in [1.165, 1.54) is 24.3 Å². The molecule has 0 aromatic rings. The highest BCUT2D eigenvalue weighted by molar-refractivity contribution is 7.99. The fourth-order valence-corrected chi connectivity index (χ4v) is 2.38. The van der Waals surface area contributed by atoms with Gasteiger partial charge in [-0.25, -0.2) is 0 Å². The first-order valence-corrected chi connectivity index (χ1v) is 5.27. The lowest BCUT2D eigenvalue weighted by Crippen LogP contribution is -2.06. The van der Waals surface area contributed by atoms with E-state index in [9.17, 15) is 4.79 Å². The van der Waals surface area contributed by atoms with E-state index < -0.39 is 0 Å². The second kappa shape index (κ2) is 5.42. The van der Waals surface area contributed by atoms with E-state index in [4.69, 9.17) is 0 Å². The fraction of sp³-hybridized carbons (Fsp3) is 0.667. The maximum Gasteiger partial charge on any atom is 0.123 e. The van der Waals surface area contributed by atoms with Crippen LogP contribution in [0.25, 0.3) is 0 Å². The summed E-state index contributed by atoms with van der Waals surface area (Å²) >= 11 is 2.03. The molecular weight excluding hydrogens is 156 g/mol. The van der Waals surface area contributed by atoms with Crippen LogP contribution in [0, 0.1) is 5.92 Å². The molecule has 0 spiro atoms. The molecule has 0 aromatic carbocycles. The van der Waals surface area contributed by atoms with Crippen LogP contribution >= 0.6 is 11.8 Å². The van der Waals surface area contributed by atoms with Crippen LogP contribution in [0.3, 0.4) is 0 Å². The zero-order valence-electron chi connectivity index (χ0n) is 6.66.